The van der Waals surface area contributed by atoms with Crippen molar-refractivity contribution in [3.8, 4) is 11.4 Å². The van der Waals surface area contributed by atoms with Crippen molar-refractivity contribution in [3.05, 3.63) is 77.1 Å². The van der Waals surface area contributed by atoms with Crippen LogP contribution in [0.1, 0.15) is 17.9 Å². The maximum Gasteiger partial charge on any atom is 0.227 e. The number of aryl methyl sites for hydroxylation is 2. The molecule has 1 aromatic heterocycles. The number of fused-ring (bicyclic) bond motifs is 1. The summed E-state index contributed by atoms with van der Waals surface area (Å²) in [4.78, 5) is 16.7. The molecule has 0 aliphatic carbocycles. The van der Waals surface area contributed by atoms with Crippen LogP contribution in [0.2, 0.25) is 5.02 Å². The highest BCUT2D eigenvalue weighted by Crippen LogP contribution is 2.26. The summed E-state index contributed by atoms with van der Waals surface area (Å²) >= 11 is 5.99. The third kappa shape index (κ3) is 3.89. The summed E-state index contributed by atoms with van der Waals surface area (Å²) in [6.45, 7) is 1.92. The van der Waals surface area contributed by atoms with E-state index < -0.39 is 0 Å². The lowest BCUT2D eigenvalue weighted by atomic mass is 10.0. The van der Waals surface area contributed by atoms with Gasteiger partial charge in [-0.3, -0.25) is 4.79 Å². The van der Waals surface area contributed by atoms with Gasteiger partial charge in [-0.25, -0.2) is 0 Å². The lowest BCUT2D eigenvalue weighted by Gasteiger charge is -2.08. The molecule has 4 rings (SSSR count). The Balaban J connectivity index is 1.45. The van der Waals surface area contributed by atoms with E-state index in [1.54, 1.807) is 12.1 Å². The van der Waals surface area contributed by atoms with Gasteiger partial charge in [0, 0.05) is 29.1 Å². The lowest BCUT2D eigenvalue weighted by Crippen LogP contribution is -2.13. The van der Waals surface area contributed by atoms with Crippen LogP contribution < -0.4 is 5.32 Å². The zero-order chi connectivity index (χ0) is 19.5. The molecule has 3 aromatic carbocycles. The molecule has 1 N–H and O–H groups in total. The van der Waals surface area contributed by atoms with E-state index in [2.05, 4.69) is 15.5 Å². The molecule has 0 aliphatic heterocycles. The van der Waals surface area contributed by atoms with Crippen LogP contribution in [-0.4, -0.2) is 16.0 Å². The van der Waals surface area contributed by atoms with Crippen LogP contribution in [0, 0.1) is 6.92 Å². The number of benzene rings is 3. The molecule has 0 bridgehead atoms. The topological polar surface area (TPSA) is 68.0 Å². The molecular formula is C22H18ClN3O2. The first-order valence-electron chi connectivity index (χ1n) is 8.97. The Morgan fingerprint density at radius 3 is 2.82 bits per heavy atom. The Hall–Kier alpha value is -3.18. The van der Waals surface area contributed by atoms with Crippen LogP contribution in [0.15, 0.2) is 65.2 Å². The van der Waals surface area contributed by atoms with Crippen molar-refractivity contribution in [3.63, 3.8) is 0 Å². The van der Waals surface area contributed by atoms with Crippen molar-refractivity contribution in [1.82, 2.24) is 10.1 Å². The van der Waals surface area contributed by atoms with Crippen molar-refractivity contribution < 1.29 is 9.32 Å². The minimum absolute atomic E-state index is 0.129. The fourth-order valence-electron chi connectivity index (χ4n) is 3.05. The van der Waals surface area contributed by atoms with Gasteiger partial charge in [-0.05, 0) is 35.4 Å². The Labute approximate surface area is 167 Å². The summed E-state index contributed by atoms with van der Waals surface area (Å²) in [5.74, 6) is 0.828. The zero-order valence-electron chi connectivity index (χ0n) is 15.3. The smallest absolute Gasteiger partial charge is 0.227 e. The molecular weight excluding hydrogens is 374 g/mol. The van der Waals surface area contributed by atoms with E-state index in [-0.39, 0.29) is 12.3 Å². The quantitative estimate of drug-likeness (QED) is 0.493. The summed E-state index contributed by atoms with van der Waals surface area (Å²) in [5, 5.41) is 9.72. The summed E-state index contributed by atoms with van der Waals surface area (Å²) in [5.41, 5.74) is 2.57. The van der Waals surface area contributed by atoms with Gasteiger partial charge < -0.3 is 9.84 Å². The first-order valence-corrected chi connectivity index (χ1v) is 9.35. The van der Waals surface area contributed by atoms with Gasteiger partial charge in [0.05, 0.1) is 0 Å². The first kappa shape index (κ1) is 18.2. The molecule has 4 aromatic rings. The zero-order valence-corrected chi connectivity index (χ0v) is 16.0. The largest absolute Gasteiger partial charge is 0.339 e. The molecule has 0 saturated carbocycles. The standard InChI is InChI=1S/C22H18ClN3O2/c1-14-9-10-16(23)13-19(14)24-20(27)11-12-21-25-22(26-28-21)18-8-4-6-15-5-2-3-7-17(15)18/h2-10,13H,11-12H2,1H3,(H,24,27). The van der Waals surface area contributed by atoms with Crippen molar-refractivity contribution in [2.24, 2.45) is 0 Å². The fraction of sp³-hybridized carbons (Fsp3) is 0.136. The predicted molar refractivity (Wildman–Crippen MR) is 110 cm³/mol. The van der Waals surface area contributed by atoms with Gasteiger partial charge in [-0.2, -0.15) is 4.98 Å². The fourth-order valence-corrected chi connectivity index (χ4v) is 3.22. The average Bonchev–Trinajstić information content (AvgIpc) is 3.18. The van der Waals surface area contributed by atoms with E-state index in [9.17, 15) is 4.79 Å². The lowest BCUT2D eigenvalue weighted by molar-refractivity contribution is -0.116. The number of nitrogens with zero attached hydrogens (tertiary/aromatic N) is 2. The first-order chi connectivity index (χ1) is 13.6. The van der Waals surface area contributed by atoms with Crippen LogP contribution in [0.3, 0.4) is 0 Å². The van der Waals surface area contributed by atoms with E-state index in [1.807, 2.05) is 55.5 Å². The molecule has 0 atom stereocenters. The molecule has 140 valence electrons. The summed E-state index contributed by atoms with van der Waals surface area (Å²) in [6.07, 6.45) is 0.604. The number of rotatable bonds is 5. The minimum Gasteiger partial charge on any atom is -0.339 e. The van der Waals surface area contributed by atoms with E-state index in [1.165, 1.54) is 0 Å². The number of amides is 1. The van der Waals surface area contributed by atoms with Crippen molar-refractivity contribution in [2.75, 3.05) is 5.32 Å². The van der Waals surface area contributed by atoms with Gasteiger partial charge >= 0.3 is 0 Å². The van der Waals surface area contributed by atoms with Crippen molar-refractivity contribution in [1.29, 1.82) is 0 Å². The average molecular weight is 392 g/mol. The van der Waals surface area contributed by atoms with Gasteiger partial charge in [0.25, 0.3) is 0 Å². The molecule has 0 fully saturated rings. The molecule has 0 unspecified atom stereocenters. The number of halogens is 1. The van der Waals surface area contributed by atoms with Gasteiger partial charge in [0.2, 0.25) is 17.6 Å². The Morgan fingerprint density at radius 1 is 1.11 bits per heavy atom. The molecule has 0 saturated heterocycles. The second-order valence-electron chi connectivity index (χ2n) is 6.55. The minimum atomic E-state index is -0.129. The third-order valence-electron chi connectivity index (χ3n) is 4.54. The van der Waals surface area contributed by atoms with E-state index in [0.717, 1.165) is 21.9 Å². The summed E-state index contributed by atoms with van der Waals surface area (Å²) in [6, 6.07) is 19.4. The molecule has 0 aliphatic rings. The van der Waals surface area contributed by atoms with Crippen molar-refractivity contribution in [2.45, 2.75) is 19.8 Å². The van der Waals surface area contributed by atoms with Crippen LogP contribution >= 0.6 is 11.6 Å². The number of carbonyl (C=O) groups excluding carboxylic acids is 1. The summed E-state index contributed by atoms with van der Waals surface area (Å²) in [7, 11) is 0. The maximum absolute atomic E-state index is 12.3. The maximum atomic E-state index is 12.3. The molecule has 5 nitrogen and oxygen atoms in total. The van der Waals surface area contributed by atoms with Gasteiger partial charge in [-0.15, -0.1) is 0 Å². The van der Waals surface area contributed by atoms with Crippen molar-refractivity contribution >= 4 is 34.0 Å². The monoisotopic (exact) mass is 391 g/mol. The number of hydrogen-bond donors (Lipinski definition) is 1. The van der Waals surface area contributed by atoms with Gasteiger partial charge in [-0.1, -0.05) is 65.3 Å². The van der Waals surface area contributed by atoms with Crippen LogP contribution in [0.25, 0.3) is 22.2 Å². The van der Waals surface area contributed by atoms with Crippen LogP contribution in [-0.2, 0) is 11.2 Å². The predicted octanol–water partition coefficient (Wildman–Crippen LogP) is 5.42. The highest BCUT2D eigenvalue weighted by atomic mass is 35.5. The SMILES string of the molecule is Cc1ccc(Cl)cc1NC(=O)CCc1nc(-c2cccc3ccccc23)no1. The number of carbonyl (C=O) groups is 1. The highest BCUT2D eigenvalue weighted by molar-refractivity contribution is 6.31. The number of nitrogens with one attached hydrogen (secondary N) is 1. The van der Waals surface area contributed by atoms with Gasteiger partial charge in [0.1, 0.15) is 0 Å². The van der Waals surface area contributed by atoms with Gasteiger partial charge in [0.15, 0.2) is 0 Å². The molecule has 0 radical (unpaired) electrons. The second kappa shape index (κ2) is 7.82. The third-order valence-corrected chi connectivity index (χ3v) is 4.77. The van der Waals surface area contributed by atoms with E-state index in [4.69, 9.17) is 16.1 Å². The highest BCUT2D eigenvalue weighted by Gasteiger charge is 2.13. The van der Waals surface area contributed by atoms with Crippen LogP contribution in [0.4, 0.5) is 5.69 Å². The molecule has 0 spiro atoms. The Morgan fingerprint density at radius 2 is 1.93 bits per heavy atom. The molecule has 28 heavy (non-hydrogen) atoms. The number of hydrogen-bond acceptors (Lipinski definition) is 4. The molecule has 6 heteroatoms. The second-order valence-corrected chi connectivity index (χ2v) is 6.98. The Bertz CT molecular complexity index is 1150. The Kier molecular flexibility index (Phi) is 5.08. The van der Waals surface area contributed by atoms with E-state index >= 15 is 0 Å². The summed E-state index contributed by atoms with van der Waals surface area (Å²) < 4.78 is 5.35. The molecule has 1 amide bonds. The van der Waals surface area contributed by atoms with Crippen LogP contribution in [0.5, 0.6) is 0 Å². The number of anilines is 1. The van der Waals surface area contributed by atoms with E-state index in [0.29, 0.717) is 28.8 Å². The number of aromatic nitrogens is 2. The molecule has 1 heterocycles. The normalized spacial score (nSPS) is 10.9.